The second kappa shape index (κ2) is 5.29. The van der Waals surface area contributed by atoms with Crippen LogP contribution in [0.1, 0.15) is 22.4 Å². The molecule has 5 nitrogen and oxygen atoms in total. The van der Waals surface area contributed by atoms with Gasteiger partial charge in [0.15, 0.2) is 0 Å². The molecule has 21 heavy (non-hydrogen) atoms. The van der Waals surface area contributed by atoms with Crippen LogP contribution in [-0.4, -0.2) is 21.4 Å². The first-order valence-corrected chi connectivity index (χ1v) is 6.88. The average molecular weight is 288 g/mol. The summed E-state index contributed by atoms with van der Waals surface area (Å²) in [6, 6.07) is 4.79. The summed E-state index contributed by atoms with van der Waals surface area (Å²) in [5.74, 6) is -0.0575. The molecule has 2 aromatic rings. The van der Waals surface area contributed by atoms with Gasteiger partial charge in [-0.2, -0.15) is 0 Å². The van der Waals surface area contributed by atoms with Gasteiger partial charge in [0.25, 0.3) is 5.56 Å². The van der Waals surface area contributed by atoms with E-state index < -0.39 is 0 Å². The van der Waals surface area contributed by atoms with Crippen molar-refractivity contribution in [2.45, 2.75) is 26.4 Å². The van der Waals surface area contributed by atoms with Gasteiger partial charge in [0, 0.05) is 26.1 Å². The molecule has 3 rings (SSSR count). The van der Waals surface area contributed by atoms with E-state index in [0.29, 0.717) is 25.1 Å². The molecule has 1 aliphatic heterocycles. The second-order valence-corrected chi connectivity index (χ2v) is 5.41. The largest absolute Gasteiger partial charge is 0.369 e. The van der Waals surface area contributed by atoms with Gasteiger partial charge in [-0.15, -0.1) is 0 Å². The Morgan fingerprint density at radius 3 is 3.05 bits per heavy atom. The van der Waals surface area contributed by atoms with Crippen molar-refractivity contribution in [2.75, 3.05) is 12.3 Å². The van der Waals surface area contributed by atoms with Crippen molar-refractivity contribution >= 4 is 5.95 Å². The Hall–Kier alpha value is -2.21. The number of nitrogens with zero attached hydrogens (tertiary/aromatic N) is 2. The van der Waals surface area contributed by atoms with Crippen LogP contribution in [0.2, 0.25) is 0 Å². The molecular formula is C15H17FN4O. The Balaban J connectivity index is 1.82. The first-order valence-electron chi connectivity index (χ1n) is 6.88. The number of rotatable bonds is 2. The second-order valence-electron chi connectivity index (χ2n) is 5.41. The number of aromatic amines is 1. The Morgan fingerprint density at radius 1 is 1.48 bits per heavy atom. The molecule has 3 N–H and O–H groups in total. The molecular weight excluding hydrogens is 271 g/mol. The summed E-state index contributed by atoms with van der Waals surface area (Å²) >= 11 is 0. The fourth-order valence-electron chi connectivity index (χ4n) is 2.71. The van der Waals surface area contributed by atoms with E-state index in [1.165, 1.54) is 12.1 Å². The van der Waals surface area contributed by atoms with E-state index in [2.05, 4.69) is 14.9 Å². The van der Waals surface area contributed by atoms with Gasteiger partial charge in [0.1, 0.15) is 5.82 Å². The summed E-state index contributed by atoms with van der Waals surface area (Å²) in [4.78, 5) is 20.8. The van der Waals surface area contributed by atoms with Crippen LogP contribution < -0.4 is 11.3 Å². The molecule has 1 aromatic carbocycles. The zero-order valence-corrected chi connectivity index (χ0v) is 11.8. The molecule has 6 heteroatoms. The maximum Gasteiger partial charge on any atom is 0.257 e. The van der Waals surface area contributed by atoms with Crippen LogP contribution in [0.25, 0.3) is 0 Å². The standard InChI is InChI=1S/C15H17FN4O/c1-9-6-11(16)3-2-10(9)7-20-5-4-13-12(8-20)14(21)19-15(17)18-13/h2-3,6H,4-5,7-8H2,1H3,(H3,17,18,19,21). The van der Waals surface area contributed by atoms with Crippen molar-refractivity contribution in [1.29, 1.82) is 0 Å². The number of benzene rings is 1. The summed E-state index contributed by atoms with van der Waals surface area (Å²) in [6.07, 6.45) is 0.698. The molecule has 0 spiro atoms. The van der Waals surface area contributed by atoms with Crippen molar-refractivity contribution in [3.63, 3.8) is 0 Å². The molecule has 1 aliphatic rings. The highest BCUT2D eigenvalue weighted by molar-refractivity contribution is 5.29. The van der Waals surface area contributed by atoms with Crippen molar-refractivity contribution in [3.05, 3.63) is 56.8 Å². The predicted molar refractivity (Wildman–Crippen MR) is 78.2 cm³/mol. The van der Waals surface area contributed by atoms with E-state index in [1.54, 1.807) is 6.07 Å². The van der Waals surface area contributed by atoms with Crippen LogP contribution in [0.3, 0.4) is 0 Å². The van der Waals surface area contributed by atoms with E-state index in [0.717, 1.165) is 23.4 Å². The Bertz CT molecular complexity index is 741. The molecule has 0 saturated carbocycles. The maximum atomic E-state index is 13.1. The highest BCUT2D eigenvalue weighted by Gasteiger charge is 2.21. The summed E-state index contributed by atoms with van der Waals surface area (Å²) in [5.41, 5.74) is 8.84. The van der Waals surface area contributed by atoms with E-state index >= 15 is 0 Å². The van der Waals surface area contributed by atoms with Gasteiger partial charge in [0.05, 0.1) is 11.3 Å². The first kappa shape index (κ1) is 13.8. The van der Waals surface area contributed by atoms with Gasteiger partial charge in [-0.1, -0.05) is 6.07 Å². The number of H-pyrrole nitrogens is 1. The van der Waals surface area contributed by atoms with Gasteiger partial charge < -0.3 is 5.73 Å². The molecule has 0 radical (unpaired) electrons. The van der Waals surface area contributed by atoms with Crippen LogP contribution in [0, 0.1) is 12.7 Å². The quantitative estimate of drug-likeness (QED) is 0.875. The van der Waals surface area contributed by atoms with Gasteiger partial charge >= 0.3 is 0 Å². The smallest absolute Gasteiger partial charge is 0.257 e. The lowest BCUT2D eigenvalue weighted by atomic mass is 10.0. The third kappa shape index (κ3) is 2.80. The summed E-state index contributed by atoms with van der Waals surface area (Å²) in [7, 11) is 0. The van der Waals surface area contributed by atoms with E-state index in [-0.39, 0.29) is 17.3 Å². The number of halogens is 1. The molecule has 0 fully saturated rings. The lowest BCUT2D eigenvalue weighted by molar-refractivity contribution is 0.241. The van der Waals surface area contributed by atoms with Crippen molar-refractivity contribution < 1.29 is 4.39 Å². The van der Waals surface area contributed by atoms with E-state index in [4.69, 9.17) is 5.73 Å². The minimum Gasteiger partial charge on any atom is -0.369 e. The monoisotopic (exact) mass is 288 g/mol. The lowest BCUT2D eigenvalue weighted by Crippen LogP contribution is -2.35. The summed E-state index contributed by atoms with van der Waals surface area (Å²) < 4.78 is 13.1. The summed E-state index contributed by atoms with van der Waals surface area (Å²) in [5, 5.41) is 0. The number of hydrogen-bond donors (Lipinski definition) is 2. The SMILES string of the molecule is Cc1cc(F)ccc1CN1CCc2nc(N)[nH]c(=O)c2C1. The highest BCUT2D eigenvalue weighted by atomic mass is 19.1. The van der Waals surface area contributed by atoms with Crippen LogP contribution in [0.15, 0.2) is 23.0 Å². The van der Waals surface area contributed by atoms with Gasteiger partial charge in [0.2, 0.25) is 5.95 Å². The Morgan fingerprint density at radius 2 is 2.29 bits per heavy atom. The van der Waals surface area contributed by atoms with Gasteiger partial charge in [-0.05, 0) is 30.2 Å². The third-order valence-electron chi connectivity index (χ3n) is 3.86. The first-order chi connectivity index (χ1) is 10.0. The van der Waals surface area contributed by atoms with Crippen LogP contribution in [0.4, 0.5) is 10.3 Å². The summed E-state index contributed by atoms with van der Waals surface area (Å²) in [6.45, 7) is 3.93. The lowest BCUT2D eigenvalue weighted by Gasteiger charge is -2.28. The zero-order chi connectivity index (χ0) is 15.0. The fraction of sp³-hybridized carbons (Fsp3) is 0.333. The molecule has 1 aromatic heterocycles. The van der Waals surface area contributed by atoms with Crippen LogP contribution in [0.5, 0.6) is 0 Å². The topological polar surface area (TPSA) is 75.0 Å². The number of anilines is 1. The van der Waals surface area contributed by atoms with E-state index in [1.807, 2.05) is 6.92 Å². The van der Waals surface area contributed by atoms with Gasteiger partial charge in [-0.3, -0.25) is 14.7 Å². The fourth-order valence-corrected chi connectivity index (χ4v) is 2.71. The number of aromatic nitrogens is 2. The number of nitrogens with two attached hydrogens (primary N) is 1. The number of nitrogens with one attached hydrogen (secondary N) is 1. The number of fused-ring (bicyclic) bond motifs is 1. The maximum absolute atomic E-state index is 13.1. The molecule has 0 bridgehead atoms. The molecule has 0 unspecified atom stereocenters. The predicted octanol–water partition coefficient (Wildman–Crippen LogP) is 1.36. The van der Waals surface area contributed by atoms with Crippen LogP contribution in [-0.2, 0) is 19.5 Å². The minimum absolute atomic E-state index is 0.168. The number of aryl methyl sites for hydroxylation is 1. The molecule has 2 heterocycles. The number of nitrogen functional groups attached to an aromatic ring is 1. The average Bonchev–Trinajstić information content (AvgIpc) is 2.42. The van der Waals surface area contributed by atoms with Crippen molar-refractivity contribution in [3.8, 4) is 0 Å². The minimum atomic E-state index is -0.226. The highest BCUT2D eigenvalue weighted by Crippen LogP contribution is 2.18. The Kier molecular flexibility index (Phi) is 3.47. The van der Waals surface area contributed by atoms with E-state index in [9.17, 15) is 9.18 Å². The normalized spacial score (nSPS) is 15.0. The van der Waals surface area contributed by atoms with Crippen molar-refractivity contribution in [2.24, 2.45) is 0 Å². The van der Waals surface area contributed by atoms with Crippen molar-refractivity contribution in [1.82, 2.24) is 14.9 Å². The molecule has 0 saturated heterocycles. The van der Waals surface area contributed by atoms with Crippen LogP contribution >= 0.6 is 0 Å². The third-order valence-corrected chi connectivity index (χ3v) is 3.86. The zero-order valence-electron chi connectivity index (χ0n) is 11.8. The molecule has 0 atom stereocenters. The molecule has 110 valence electrons. The molecule has 0 amide bonds. The Labute approximate surface area is 121 Å². The molecule has 0 aliphatic carbocycles. The van der Waals surface area contributed by atoms with Gasteiger partial charge in [-0.25, -0.2) is 9.37 Å². The number of hydrogen-bond acceptors (Lipinski definition) is 4.